The Morgan fingerprint density at radius 2 is 0.664 bits per heavy atom. The van der Waals surface area contributed by atoms with E-state index < -0.39 is 17.4 Å². The number of esters is 1. The van der Waals surface area contributed by atoms with Crippen molar-refractivity contribution in [2.75, 3.05) is 7.11 Å². The summed E-state index contributed by atoms with van der Waals surface area (Å²) < 4.78 is 4.68. The Bertz CT molecular complexity index is 5880. The van der Waals surface area contributed by atoms with Gasteiger partial charge in [-0.1, -0.05) is 299 Å². The van der Waals surface area contributed by atoms with Gasteiger partial charge in [0, 0.05) is 114 Å². The van der Waals surface area contributed by atoms with Gasteiger partial charge in [-0.2, -0.15) is 5.10 Å². The van der Waals surface area contributed by atoms with E-state index in [1.807, 2.05) is 100 Å². The molecule has 0 aliphatic heterocycles. The molecule has 15 rings (SSSR count). The number of ether oxygens (including phenoxy) is 1. The molecule has 15 aromatic rings. The van der Waals surface area contributed by atoms with Crippen LogP contribution in [0.3, 0.4) is 0 Å². The van der Waals surface area contributed by atoms with Crippen LogP contribution in [0.4, 0.5) is 0 Å². The number of aromatic nitrogens is 12. The molecular formula is C103H118N12O6Pt. The first kappa shape index (κ1) is 94.1. The Morgan fingerprint density at radius 3 is 0.959 bits per heavy atom. The second-order valence-corrected chi connectivity index (χ2v) is 36.8. The molecule has 0 radical (unpaired) electrons. The molecule has 0 saturated carbocycles. The number of nitrogens with one attached hydrogen (secondary N) is 1. The number of ketones is 1. The van der Waals surface area contributed by atoms with Crippen molar-refractivity contribution in [1.29, 1.82) is 0 Å². The van der Waals surface area contributed by atoms with Crippen LogP contribution in [0.2, 0.25) is 0 Å². The van der Waals surface area contributed by atoms with Crippen molar-refractivity contribution in [3.8, 4) is 34.2 Å². The number of carboxylic acid groups (broad SMARTS) is 1. The van der Waals surface area contributed by atoms with Crippen LogP contribution in [0.25, 0.3) is 105 Å². The molecule has 3 N–H and O–H groups in total. The third-order valence-corrected chi connectivity index (χ3v) is 21.2. The predicted molar refractivity (Wildman–Crippen MR) is 495 cm³/mol. The average Bonchev–Trinajstić information content (AvgIpc) is 1.43. The Hall–Kier alpha value is -11.8. The van der Waals surface area contributed by atoms with E-state index >= 15 is 0 Å². The number of hydrogen-bond acceptors (Lipinski definition) is 14. The van der Waals surface area contributed by atoms with E-state index in [0.717, 1.165) is 89.1 Å². The minimum atomic E-state index is -0.986. The molecule has 9 heterocycles. The summed E-state index contributed by atoms with van der Waals surface area (Å²) in [5, 5.41) is 57.4. The van der Waals surface area contributed by atoms with Crippen molar-refractivity contribution in [2.45, 2.75) is 218 Å². The van der Waals surface area contributed by atoms with Crippen LogP contribution >= 0.6 is 0 Å². The zero-order valence-electron chi connectivity index (χ0n) is 75.4. The van der Waals surface area contributed by atoms with Gasteiger partial charge in [-0.25, -0.2) is 19.6 Å². The van der Waals surface area contributed by atoms with Crippen molar-refractivity contribution in [2.24, 2.45) is 5.41 Å². The third-order valence-electron chi connectivity index (χ3n) is 21.2. The van der Waals surface area contributed by atoms with Gasteiger partial charge in [-0.15, -0.1) is 0 Å². The minimum absolute atomic E-state index is 0. The summed E-state index contributed by atoms with van der Waals surface area (Å²) in [5.74, 6) is 1.02. The van der Waals surface area contributed by atoms with Crippen LogP contribution in [-0.2, 0) is 46.8 Å². The number of aliphatic hydroxyl groups is 1. The molecule has 9 aromatic heterocycles. The van der Waals surface area contributed by atoms with Gasteiger partial charge in [0.1, 0.15) is 28.5 Å². The Balaban J connectivity index is 0.000000167. The van der Waals surface area contributed by atoms with Crippen LogP contribution in [0.15, 0.2) is 207 Å². The predicted octanol–water partition coefficient (Wildman–Crippen LogP) is 25.5. The van der Waals surface area contributed by atoms with Crippen molar-refractivity contribution in [3.05, 3.63) is 275 Å². The first-order valence-electron chi connectivity index (χ1n) is 41.7. The van der Waals surface area contributed by atoms with Gasteiger partial charge in [0.05, 0.1) is 24.2 Å². The molecule has 0 bridgehead atoms. The summed E-state index contributed by atoms with van der Waals surface area (Å²) in [6.07, 6.45) is 12.2. The fraction of sp³-hybridized carbons (Fsp3) is 0.340. The van der Waals surface area contributed by atoms with Crippen molar-refractivity contribution in [3.63, 3.8) is 0 Å². The number of carboxylic acids is 1. The number of hydrogen-bond donors (Lipinski definition) is 3. The van der Waals surface area contributed by atoms with Gasteiger partial charge in [0.2, 0.25) is 0 Å². The molecule has 0 fully saturated rings. The molecule has 0 atom stereocenters. The monoisotopic (exact) mass is 1810 g/mol. The van der Waals surface area contributed by atoms with Gasteiger partial charge in [-0.05, 0) is 144 Å². The van der Waals surface area contributed by atoms with Crippen molar-refractivity contribution in [1.82, 2.24) is 60.5 Å². The topological polar surface area (TPSA) is 261 Å². The summed E-state index contributed by atoms with van der Waals surface area (Å²) in [5.41, 5.74) is 16.5. The van der Waals surface area contributed by atoms with E-state index in [0.29, 0.717) is 46.9 Å². The normalized spacial score (nSPS) is 11.9. The second-order valence-electron chi connectivity index (χ2n) is 36.8. The minimum Gasteiger partial charge on any atom is -0.573 e. The number of carbonyl (C=O) groups is 3. The maximum atomic E-state index is 12.0. The molecule has 0 unspecified atom stereocenters. The summed E-state index contributed by atoms with van der Waals surface area (Å²) in [4.78, 5) is 60.4. The van der Waals surface area contributed by atoms with E-state index in [9.17, 15) is 19.5 Å². The van der Waals surface area contributed by atoms with Gasteiger partial charge < -0.3 is 35.3 Å². The number of rotatable bonds is 13. The van der Waals surface area contributed by atoms with E-state index in [1.54, 1.807) is 30.7 Å². The molecule has 0 aliphatic carbocycles. The van der Waals surface area contributed by atoms with Crippen LogP contribution in [-0.4, -0.2) is 85.3 Å². The molecule has 636 valence electrons. The largest absolute Gasteiger partial charge is 2.00 e. The molecule has 6 aromatic carbocycles. The molecule has 0 aliphatic rings. The van der Waals surface area contributed by atoms with Gasteiger partial charge in [-0.3, -0.25) is 29.8 Å². The van der Waals surface area contributed by atoms with E-state index in [1.165, 1.54) is 73.3 Å². The number of fused-ring (bicyclic) bond motifs is 6. The molecule has 0 saturated heterocycles. The standard InChI is InChI=1S/C19H23N3.2C19H22N3.C19H23NO2.C14H15NO2.C13H13NO2.Pt/c3*1-12(2)14-8-6-7-13-11-20-16(9-15(13)14)17-10-18(22-21-17)19(3,4)5;1-12(2)14-8-6-7-13-11-20-16(9-15(13)14)17(21)10-18(22)19(3,4)5;1-9(2)11-6-4-5-10-8-15-13(7-12(10)11)14(16)17-3;1-8(2)10-5-3-4-9-7-14-12(13(15)16)6-11(9)10;/h6-12H,1-5H3,(H,21,22);2*6-12H,1-5H3;6-12,21H,1-5H3;4-9H,1-3H3;3-8H,1-2H3,(H,15,16);/q;2*-1;;;;+2. The first-order valence-corrected chi connectivity index (χ1v) is 41.7. The molecule has 0 amide bonds. The average molecular weight is 1820 g/mol. The Morgan fingerprint density at radius 1 is 0.369 bits per heavy atom. The number of nitrogens with zero attached hydrogens (tertiary/aromatic N) is 11. The van der Waals surface area contributed by atoms with Crippen LogP contribution in [0, 0.1) is 5.41 Å². The number of aromatic amines is 1. The maximum Gasteiger partial charge on any atom is 2.00 e. The first-order chi connectivity index (χ1) is 57.0. The summed E-state index contributed by atoms with van der Waals surface area (Å²) in [7, 11) is 1.36. The summed E-state index contributed by atoms with van der Waals surface area (Å²) >= 11 is 0. The van der Waals surface area contributed by atoms with E-state index in [2.05, 4.69) is 302 Å². The molecule has 122 heavy (non-hydrogen) atoms. The smallest absolute Gasteiger partial charge is 0.573 e. The fourth-order valence-corrected chi connectivity index (χ4v) is 13.9. The van der Waals surface area contributed by atoms with Crippen LogP contribution in [0.5, 0.6) is 0 Å². The number of aliphatic hydroxyl groups excluding tert-OH is 1. The van der Waals surface area contributed by atoms with E-state index in [-0.39, 0.29) is 54.5 Å². The quantitative estimate of drug-likeness (QED) is 0.0550. The Kier molecular flexibility index (Phi) is 30.7. The maximum absolute atomic E-state index is 12.0. The van der Waals surface area contributed by atoms with Gasteiger partial charge >= 0.3 is 33.0 Å². The zero-order chi connectivity index (χ0) is 88.3. The number of H-pyrrole nitrogens is 1. The number of pyridine rings is 6. The number of methoxy groups -OCH3 is 1. The van der Waals surface area contributed by atoms with Crippen LogP contribution < -0.4 is 10.2 Å². The second kappa shape index (κ2) is 39.8. The van der Waals surface area contributed by atoms with Crippen molar-refractivity contribution < 1.29 is 50.4 Å². The molecule has 18 nitrogen and oxygen atoms in total. The van der Waals surface area contributed by atoms with Gasteiger partial charge in [0.25, 0.3) is 0 Å². The van der Waals surface area contributed by atoms with E-state index in [4.69, 9.17) is 5.11 Å². The van der Waals surface area contributed by atoms with Gasteiger partial charge in [0.15, 0.2) is 5.78 Å². The SMILES string of the molecule is CC(C)c1cccc2cnc(-c3cc(C(C)(C)C)[nH]n3)cc12.CC(C)c1cccc2cnc(-c3cc(C(C)(C)C)n[n-]3)cc12.CC(C)c1cccc2cnc(-c3cc(C(C)(C)C)n[n-]3)cc12.CC(C)c1cccc2cnc(C(=O)O)cc12.CC(C)c1cccc2cnc(C(O)=CC(=O)C(C)(C)C)cc12.COC(=O)c1cc2c(C(C)C)cccc2cn1.[Pt+2]. The zero-order valence-corrected chi connectivity index (χ0v) is 77.6. The molecular weight excluding hydrogens is 1700 g/mol. The van der Waals surface area contributed by atoms with Crippen LogP contribution in [0.1, 0.15) is 279 Å². The number of aromatic carboxylic acids is 1. The molecule has 19 heteroatoms. The number of benzene rings is 6. The Labute approximate surface area is 733 Å². The number of carbonyl (C=O) groups excluding carboxylic acids is 2. The third kappa shape index (κ3) is 23.3. The summed E-state index contributed by atoms with van der Waals surface area (Å²) in [6.45, 7) is 50.9. The van der Waals surface area contributed by atoms with Crippen molar-refractivity contribution >= 4 is 88.1 Å². The summed E-state index contributed by atoms with van der Waals surface area (Å²) in [6, 6.07) is 55.3. The molecule has 0 spiro atoms. The fourth-order valence-electron chi connectivity index (χ4n) is 13.9. The number of allylic oxidation sites excluding steroid dienone is 1.